The molecule has 0 aliphatic rings. The van der Waals surface area contributed by atoms with Crippen molar-refractivity contribution in [3.8, 4) is 0 Å². The normalized spacial score (nSPS) is 12.5. The van der Waals surface area contributed by atoms with Crippen LogP contribution in [0, 0.1) is 5.92 Å². The van der Waals surface area contributed by atoms with Gasteiger partial charge in [-0.05, 0) is 25.7 Å². The third-order valence-corrected chi connectivity index (χ3v) is 4.96. The fourth-order valence-corrected chi connectivity index (χ4v) is 3.05. The summed E-state index contributed by atoms with van der Waals surface area (Å²) in [5.41, 5.74) is 0. The number of unbranched alkanes of at least 4 members (excludes halogenated alkanes) is 11. The van der Waals surface area contributed by atoms with Crippen molar-refractivity contribution < 1.29 is 4.79 Å². The van der Waals surface area contributed by atoms with Crippen LogP contribution >= 0.6 is 0 Å². The summed E-state index contributed by atoms with van der Waals surface area (Å²) in [4.78, 5) is 11.6. The summed E-state index contributed by atoms with van der Waals surface area (Å²) < 4.78 is 0. The van der Waals surface area contributed by atoms with Gasteiger partial charge < -0.3 is 5.32 Å². The number of amides is 1. The van der Waals surface area contributed by atoms with Crippen molar-refractivity contribution in [2.75, 3.05) is 0 Å². The van der Waals surface area contributed by atoms with Crippen molar-refractivity contribution in [1.82, 2.24) is 5.32 Å². The zero-order valence-electron chi connectivity index (χ0n) is 17.2. The Hall–Kier alpha value is -0.530. The molecule has 144 valence electrons. The number of nitrogens with one attached hydrogen (secondary N) is 1. The SMILES string of the molecule is CCC(C)NC(=O)CCCCCCCCCCCCCCC(C)C. The molecule has 1 amide bonds. The molecule has 0 fully saturated rings. The smallest absolute Gasteiger partial charge is 0.220 e. The van der Waals surface area contributed by atoms with Crippen molar-refractivity contribution in [1.29, 1.82) is 0 Å². The zero-order chi connectivity index (χ0) is 18.0. The van der Waals surface area contributed by atoms with Gasteiger partial charge in [-0.25, -0.2) is 0 Å². The summed E-state index contributed by atoms with van der Waals surface area (Å²) in [6.45, 7) is 8.82. The number of hydrogen-bond acceptors (Lipinski definition) is 1. The van der Waals surface area contributed by atoms with E-state index in [-0.39, 0.29) is 5.91 Å². The number of hydrogen-bond donors (Lipinski definition) is 1. The average molecular weight is 340 g/mol. The van der Waals surface area contributed by atoms with Crippen molar-refractivity contribution >= 4 is 5.91 Å². The van der Waals surface area contributed by atoms with E-state index in [2.05, 4.69) is 33.0 Å². The summed E-state index contributed by atoms with van der Waals surface area (Å²) in [6.07, 6.45) is 19.4. The van der Waals surface area contributed by atoms with Crippen LogP contribution in [0.2, 0.25) is 0 Å². The second-order valence-electron chi connectivity index (χ2n) is 8.05. The van der Waals surface area contributed by atoms with Crippen LogP contribution in [0.3, 0.4) is 0 Å². The highest BCUT2D eigenvalue weighted by atomic mass is 16.1. The molecule has 0 rings (SSSR count). The van der Waals surface area contributed by atoms with Crippen LogP contribution in [-0.4, -0.2) is 11.9 Å². The molecule has 0 radical (unpaired) electrons. The van der Waals surface area contributed by atoms with Crippen LogP contribution in [-0.2, 0) is 4.79 Å². The van der Waals surface area contributed by atoms with Gasteiger partial charge in [0.1, 0.15) is 0 Å². The lowest BCUT2D eigenvalue weighted by atomic mass is 10.0. The second kappa shape index (κ2) is 17.3. The van der Waals surface area contributed by atoms with Crippen LogP contribution in [0.15, 0.2) is 0 Å². The van der Waals surface area contributed by atoms with Crippen molar-refractivity contribution in [3.63, 3.8) is 0 Å². The van der Waals surface area contributed by atoms with Crippen molar-refractivity contribution in [3.05, 3.63) is 0 Å². The maximum absolute atomic E-state index is 11.6. The van der Waals surface area contributed by atoms with Gasteiger partial charge >= 0.3 is 0 Å². The third-order valence-electron chi connectivity index (χ3n) is 4.96. The Morgan fingerprint density at radius 1 is 0.708 bits per heavy atom. The molecule has 24 heavy (non-hydrogen) atoms. The first-order chi connectivity index (χ1) is 11.6. The highest BCUT2D eigenvalue weighted by molar-refractivity contribution is 5.76. The third kappa shape index (κ3) is 17.8. The second-order valence-corrected chi connectivity index (χ2v) is 8.05. The van der Waals surface area contributed by atoms with Gasteiger partial charge in [0.15, 0.2) is 0 Å². The highest BCUT2D eigenvalue weighted by Gasteiger charge is 2.04. The molecule has 0 aromatic rings. The molecule has 2 nitrogen and oxygen atoms in total. The van der Waals surface area contributed by atoms with E-state index in [1.807, 2.05) is 0 Å². The Kier molecular flexibility index (Phi) is 16.9. The van der Waals surface area contributed by atoms with Gasteiger partial charge in [0.2, 0.25) is 5.91 Å². The van der Waals surface area contributed by atoms with E-state index in [0.29, 0.717) is 12.5 Å². The molecule has 0 aromatic carbocycles. The number of carbonyl (C=O) groups is 1. The molecule has 1 unspecified atom stereocenters. The Morgan fingerprint density at radius 3 is 1.54 bits per heavy atom. The lowest BCUT2D eigenvalue weighted by Crippen LogP contribution is -2.31. The van der Waals surface area contributed by atoms with E-state index in [1.54, 1.807) is 0 Å². The Bertz CT molecular complexity index is 275. The molecule has 0 saturated heterocycles. The summed E-state index contributed by atoms with van der Waals surface area (Å²) >= 11 is 0. The molecule has 1 atom stereocenters. The topological polar surface area (TPSA) is 29.1 Å². The minimum atomic E-state index is 0.234. The molecule has 0 aliphatic carbocycles. The van der Waals surface area contributed by atoms with Gasteiger partial charge in [0, 0.05) is 12.5 Å². The lowest BCUT2D eigenvalue weighted by Gasteiger charge is -2.10. The first-order valence-electron chi connectivity index (χ1n) is 10.9. The molecular weight excluding hydrogens is 294 g/mol. The van der Waals surface area contributed by atoms with Crippen molar-refractivity contribution in [2.45, 2.75) is 130 Å². The van der Waals surface area contributed by atoms with E-state index in [4.69, 9.17) is 0 Å². The quantitative estimate of drug-likeness (QED) is 0.283. The van der Waals surface area contributed by atoms with E-state index >= 15 is 0 Å². The molecule has 0 saturated carbocycles. The molecule has 0 aromatic heterocycles. The fourth-order valence-electron chi connectivity index (χ4n) is 3.05. The predicted octanol–water partition coefficient (Wildman–Crippen LogP) is 7.02. The summed E-state index contributed by atoms with van der Waals surface area (Å²) in [5.74, 6) is 1.11. The van der Waals surface area contributed by atoms with Gasteiger partial charge in [-0.3, -0.25) is 4.79 Å². The first kappa shape index (κ1) is 23.5. The molecule has 0 heterocycles. The predicted molar refractivity (Wildman–Crippen MR) is 107 cm³/mol. The molecule has 0 spiro atoms. The maximum Gasteiger partial charge on any atom is 0.220 e. The highest BCUT2D eigenvalue weighted by Crippen LogP contribution is 2.14. The Morgan fingerprint density at radius 2 is 1.12 bits per heavy atom. The van der Waals surface area contributed by atoms with Crippen molar-refractivity contribution in [2.24, 2.45) is 5.92 Å². The monoisotopic (exact) mass is 339 g/mol. The van der Waals surface area contributed by atoms with Crippen LogP contribution < -0.4 is 5.32 Å². The standard InChI is InChI=1S/C22H45NO/c1-5-21(4)23-22(24)19-17-15-13-11-9-7-6-8-10-12-14-16-18-20(2)3/h20-21H,5-19H2,1-4H3,(H,23,24). The van der Waals surface area contributed by atoms with Gasteiger partial charge in [-0.2, -0.15) is 0 Å². The van der Waals surface area contributed by atoms with Crippen LogP contribution in [0.4, 0.5) is 0 Å². The summed E-state index contributed by atoms with van der Waals surface area (Å²) in [5, 5.41) is 3.04. The van der Waals surface area contributed by atoms with Crippen LogP contribution in [0.25, 0.3) is 0 Å². The van der Waals surface area contributed by atoms with Gasteiger partial charge in [-0.15, -0.1) is 0 Å². The van der Waals surface area contributed by atoms with Gasteiger partial charge in [-0.1, -0.05) is 97.8 Å². The molecule has 0 bridgehead atoms. The molecule has 1 N–H and O–H groups in total. The maximum atomic E-state index is 11.6. The van der Waals surface area contributed by atoms with Gasteiger partial charge in [0.25, 0.3) is 0 Å². The van der Waals surface area contributed by atoms with Crippen LogP contribution in [0.1, 0.15) is 124 Å². The minimum absolute atomic E-state index is 0.234. The fraction of sp³-hybridized carbons (Fsp3) is 0.955. The number of rotatable bonds is 17. The Labute approximate surface area is 152 Å². The molecule has 0 aliphatic heterocycles. The van der Waals surface area contributed by atoms with Crippen LogP contribution in [0.5, 0.6) is 0 Å². The van der Waals surface area contributed by atoms with E-state index in [0.717, 1.165) is 18.8 Å². The Balaban J connectivity index is 3.14. The average Bonchev–Trinajstić information content (AvgIpc) is 2.54. The molecular formula is C22H45NO. The minimum Gasteiger partial charge on any atom is -0.354 e. The summed E-state index contributed by atoms with van der Waals surface area (Å²) in [6, 6.07) is 0.327. The van der Waals surface area contributed by atoms with E-state index in [1.165, 1.54) is 77.0 Å². The first-order valence-corrected chi connectivity index (χ1v) is 10.9. The van der Waals surface area contributed by atoms with E-state index < -0.39 is 0 Å². The summed E-state index contributed by atoms with van der Waals surface area (Å²) in [7, 11) is 0. The van der Waals surface area contributed by atoms with Gasteiger partial charge in [0.05, 0.1) is 0 Å². The zero-order valence-corrected chi connectivity index (χ0v) is 17.2. The lowest BCUT2D eigenvalue weighted by molar-refractivity contribution is -0.121. The van der Waals surface area contributed by atoms with E-state index in [9.17, 15) is 4.79 Å². The molecule has 2 heteroatoms. The number of carbonyl (C=O) groups excluding carboxylic acids is 1. The largest absolute Gasteiger partial charge is 0.354 e.